The molecule has 1 nitrogen and oxygen atoms in total. The molecular formula is C62H43NS. The van der Waals surface area contributed by atoms with Gasteiger partial charge in [-0.3, -0.25) is 0 Å². The maximum absolute atomic E-state index is 2.53. The summed E-state index contributed by atoms with van der Waals surface area (Å²) in [6.07, 6.45) is 11.1. The zero-order chi connectivity index (χ0) is 42.2. The second kappa shape index (κ2) is 14.5. The molecule has 0 saturated heterocycles. The van der Waals surface area contributed by atoms with E-state index in [0.717, 1.165) is 29.9 Å². The van der Waals surface area contributed by atoms with Gasteiger partial charge in [0, 0.05) is 37.2 Å². The van der Waals surface area contributed by atoms with E-state index in [-0.39, 0.29) is 5.41 Å². The minimum absolute atomic E-state index is 0.375. The van der Waals surface area contributed by atoms with Crippen molar-refractivity contribution in [1.82, 2.24) is 0 Å². The number of hydrogen-bond donors (Lipinski definition) is 0. The predicted octanol–water partition coefficient (Wildman–Crippen LogP) is 16.7. The van der Waals surface area contributed by atoms with Crippen LogP contribution < -0.4 is 4.90 Å². The highest BCUT2D eigenvalue weighted by atomic mass is 32.1. The van der Waals surface area contributed by atoms with Crippen molar-refractivity contribution in [3.8, 4) is 33.4 Å². The van der Waals surface area contributed by atoms with Gasteiger partial charge in [0.05, 0.1) is 10.8 Å². The van der Waals surface area contributed by atoms with Crippen LogP contribution in [0.25, 0.3) is 53.6 Å². The van der Waals surface area contributed by atoms with E-state index in [1.54, 1.807) is 0 Å². The standard InChI is InChI=1S/C62H43NS/c1-2-17-39-62(57-28-14-13-27-56(57)61(38-16-1)53-24-10-6-20-47(53)48-21-7-11-25-54(48)61)55-26-12-8-22-49(55)50-36-34-45(40-58(50)62)63(44-32-30-43(31-33-44)42-18-4-3-5-19-42)46-35-37-52-51-23-9-15-29-59(51)64-60(52)41-46/h1-37,40-41H,38-39H2/b16-1-,17-2-. The first-order valence-corrected chi connectivity index (χ1v) is 23.3. The van der Waals surface area contributed by atoms with Crippen molar-refractivity contribution in [2.45, 2.75) is 23.7 Å². The van der Waals surface area contributed by atoms with Crippen LogP contribution in [0.4, 0.5) is 17.1 Å². The Morgan fingerprint density at radius 2 is 0.781 bits per heavy atom. The molecule has 302 valence electrons. The normalized spacial score (nSPS) is 17.4. The molecule has 1 unspecified atom stereocenters. The Kier molecular flexibility index (Phi) is 8.41. The quantitative estimate of drug-likeness (QED) is 0.171. The van der Waals surface area contributed by atoms with Gasteiger partial charge in [0.2, 0.25) is 0 Å². The van der Waals surface area contributed by atoms with Gasteiger partial charge in [-0.25, -0.2) is 0 Å². The number of fused-ring (bicyclic) bond motifs is 16. The molecule has 1 aromatic heterocycles. The Hall–Kier alpha value is -7.52. The lowest BCUT2D eigenvalue weighted by Crippen LogP contribution is -2.35. The first-order valence-electron chi connectivity index (χ1n) is 22.4. The molecule has 13 rings (SSSR count). The van der Waals surface area contributed by atoms with E-state index < -0.39 is 5.41 Å². The highest BCUT2D eigenvalue weighted by Crippen LogP contribution is 2.61. The lowest BCUT2D eigenvalue weighted by Gasteiger charge is -2.41. The predicted molar refractivity (Wildman–Crippen MR) is 270 cm³/mol. The third-order valence-electron chi connectivity index (χ3n) is 14.4. The summed E-state index contributed by atoms with van der Waals surface area (Å²) in [5.41, 5.74) is 18.5. The van der Waals surface area contributed by atoms with Gasteiger partial charge < -0.3 is 4.90 Å². The molecule has 3 aliphatic carbocycles. The van der Waals surface area contributed by atoms with Crippen LogP contribution in [0.15, 0.2) is 237 Å². The molecule has 0 amide bonds. The molecule has 10 aromatic rings. The minimum atomic E-state index is -0.474. The van der Waals surface area contributed by atoms with Gasteiger partial charge in [-0.15, -0.1) is 11.3 Å². The van der Waals surface area contributed by atoms with Gasteiger partial charge in [-0.1, -0.05) is 194 Å². The van der Waals surface area contributed by atoms with Crippen molar-refractivity contribution in [2.24, 2.45) is 0 Å². The Balaban J connectivity index is 1.07. The maximum atomic E-state index is 2.53. The number of hydrogen-bond acceptors (Lipinski definition) is 2. The average Bonchev–Trinajstić information content (AvgIpc) is 3.97. The van der Waals surface area contributed by atoms with Crippen LogP contribution in [0.3, 0.4) is 0 Å². The van der Waals surface area contributed by atoms with Crippen molar-refractivity contribution in [3.05, 3.63) is 270 Å². The Morgan fingerprint density at radius 3 is 1.42 bits per heavy atom. The van der Waals surface area contributed by atoms with E-state index in [4.69, 9.17) is 0 Å². The van der Waals surface area contributed by atoms with Crippen LogP contribution in [0.5, 0.6) is 0 Å². The molecule has 9 aromatic carbocycles. The van der Waals surface area contributed by atoms with Crippen LogP contribution in [-0.2, 0) is 10.8 Å². The van der Waals surface area contributed by atoms with E-state index in [1.807, 2.05) is 11.3 Å². The van der Waals surface area contributed by atoms with Crippen molar-refractivity contribution in [2.75, 3.05) is 4.90 Å². The molecule has 1 atom stereocenters. The van der Waals surface area contributed by atoms with Crippen molar-refractivity contribution >= 4 is 48.6 Å². The number of thiophene rings is 1. The summed E-state index contributed by atoms with van der Waals surface area (Å²) in [6, 6.07) is 79.9. The zero-order valence-electron chi connectivity index (χ0n) is 35.3. The molecule has 0 saturated carbocycles. The number of allylic oxidation sites excluding steroid dienone is 4. The summed E-state index contributed by atoms with van der Waals surface area (Å²) in [4.78, 5) is 2.48. The molecular weight excluding hydrogens is 791 g/mol. The maximum Gasteiger partial charge on any atom is 0.0501 e. The molecule has 3 aliphatic rings. The van der Waals surface area contributed by atoms with Crippen molar-refractivity contribution in [3.63, 3.8) is 0 Å². The highest BCUT2D eigenvalue weighted by Gasteiger charge is 2.51. The van der Waals surface area contributed by atoms with Crippen LogP contribution in [0, 0.1) is 0 Å². The summed E-state index contributed by atoms with van der Waals surface area (Å²) in [6.45, 7) is 0. The first-order chi connectivity index (χ1) is 31.7. The Bertz CT molecular complexity index is 3470. The monoisotopic (exact) mass is 833 g/mol. The second-order valence-electron chi connectivity index (χ2n) is 17.5. The van der Waals surface area contributed by atoms with Crippen molar-refractivity contribution in [1.29, 1.82) is 0 Å². The first kappa shape index (κ1) is 37.1. The van der Waals surface area contributed by atoms with Gasteiger partial charge in [0.15, 0.2) is 0 Å². The van der Waals surface area contributed by atoms with Crippen molar-refractivity contribution < 1.29 is 0 Å². The number of nitrogens with zero attached hydrogens (tertiary/aromatic N) is 1. The molecule has 0 bridgehead atoms. The topological polar surface area (TPSA) is 3.24 Å². The fourth-order valence-electron chi connectivity index (χ4n) is 11.7. The smallest absolute Gasteiger partial charge is 0.0501 e. The summed E-state index contributed by atoms with van der Waals surface area (Å²) >= 11 is 1.87. The third kappa shape index (κ3) is 5.36. The lowest BCUT2D eigenvalue weighted by atomic mass is 9.61. The second-order valence-corrected chi connectivity index (χ2v) is 18.6. The number of anilines is 3. The summed E-state index contributed by atoms with van der Waals surface area (Å²) in [5, 5.41) is 2.61. The van der Waals surface area contributed by atoms with E-state index in [1.165, 1.54) is 86.9 Å². The van der Waals surface area contributed by atoms with Gasteiger partial charge in [0.25, 0.3) is 0 Å². The van der Waals surface area contributed by atoms with Gasteiger partial charge in [0.1, 0.15) is 0 Å². The average molecular weight is 834 g/mol. The summed E-state index contributed by atoms with van der Waals surface area (Å²) in [7, 11) is 0. The number of rotatable bonds is 4. The highest BCUT2D eigenvalue weighted by molar-refractivity contribution is 7.25. The Morgan fingerprint density at radius 1 is 0.328 bits per heavy atom. The van der Waals surface area contributed by atoms with Crippen LogP contribution >= 0.6 is 11.3 Å². The largest absolute Gasteiger partial charge is 0.310 e. The molecule has 0 aliphatic heterocycles. The molecule has 2 spiro atoms. The summed E-state index contributed by atoms with van der Waals surface area (Å²) < 4.78 is 2.60. The van der Waals surface area contributed by atoms with Gasteiger partial charge in [-0.05, 0) is 122 Å². The summed E-state index contributed by atoms with van der Waals surface area (Å²) in [5.74, 6) is 0. The molecule has 2 heteroatoms. The fraction of sp³-hybridized carbons (Fsp3) is 0.0645. The van der Waals surface area contributed by atoms with Gasteiger partial charge in [-0.2, -0.15) is 0 Å². The van der Waals surface area contributed by atoms with Crippen LogP contribution in [0.1, 0.15) is 46.2 Å². The van der Waals surface area contributed by atoms with E-state index in [2.05, 4.69) is 242 Å². The third-order valence-corrected chi connectivity index (χ3v) is 15.5. The SMILES string of the molecule is C1=C\CC2(c3ccccc3-c3ccccc32)c2ccccc2C2(C\C=C/1)c1ccccc1-c1ccc(N(c3ccc(-c4ccccc4)cc3)c3ccc4c(c3)sc3ccccc34)cc12. The molecule has 64 heavy (non-hydrogen) atoms. The van der Waals surface area contributed by atoms with Crippen LogP contribution in [0.2, 0.25) is 0 Å². The molecule has 0 radical (unpaired) electrons. The molecule has 0 fully saturated rings. The molecule has 0 N–H and O–H groups in total. The Labute approximate surface area is 378 Å². The van der Waals surface area contributed by atoms with Crippen LogP contribution in [-0.4, -0.2) is 0 Å². The zero-order valence-corrected chi connectivity index (χ0v) is 36.1. The van der Waals surface area contributed by atoms with E-state index >= 15 is 0 Å². The number of benzene rings is 9. The minimum Gasteiger partial charge on any atom is -0.310 e. The fourth-order valence-corrected chi connectivity index (χ4v) is 12.8. The molecule has 1 heterocycles. The lowest BCUT2D eigenvalue weighted by molar-refractivity contribution is 0.584. The van der Waals surface area contributed by atoms with E-state index in [9.17, 15) is 0 Å². The van der Waals surface area contributed by atoms with E-state index in [0.29, 0.717) is 0 Å². The van der Waals surface area contributed by atoms with Gasteiger partial charge >= 0.3 is 0 Å².